The summed E-state index contributed by atoms with van der Waals surface area (Å²) >= 11 is 4.79. The molecule has 2 saturated heterocycles. The molecule has 3 unspecified atom stereocenters. The van der Waals surface area contributed by atoms with E-state index < -0.39 is 103 Å². The zero-order valence-electron chi connectivity index (χ0n) is 22.0. The number of ether oxygens (including phenoxy) is 2. The molecule has 27 heteroatoms. The minimum absolute atomic E-state index is 0.0496. The Labute approximate surface area is 253 Å². The monoisotopic (exact) mass is 726 g/mol. The number of hydrogen-bond acceptors (Lipinski definition) is 17. The summed E-state index contributed by atoms with van der Waals surface area (Å²) in [6, 6.07) is 2.17. The Kier molecular flexibility index (Phi) is 10.8. The van der Waals surface area contributed by atoms with Gasteiger partial charge < -0.3 is 44.6 Å². The summed E-state index contributed by atoms with van der Waals surface area (Å²) in [5, 5.41) is 40.8. The summed E-state index contributed by atoms with van der Waals surface area (Å²) < 4.78 is 65.6. The molecule has 9 N–H and O–H groups in total. The van der Waals surface area contributed by atoms with E-state index in [9.17, 15) is 63.2 Å². The van der Waals surface area contributed by atoms with E-state index in [1.807, 2.05) is 4.98 Å². The van der Waals surface area contributed by atoms with Crippen molar-refractivity contribution in [3.05, 3.63) is 60.5 Å². The molecule has 2 aromatic heterocycles. The fourth-order valence-electron chi connectivity index (χ4n) is 4.11. The van der Waals surface area contributed by atoms with Gasteiger partial charge in [0.25, 0.3) is 5.56 Å². The third-order valence-corrected chi connectivity index (χ3v) is 10.6. The van der Waals surface area contributed by atoms with E-state index in [4.69, 9.17) is 21.7 Å². The normalized spacial score (nSPS) is 32.5. The Bertz CT molecular complexity index is 1650. The first-order valence-corrected chi connectivity index (χ1v) is 17.0. The van der Waals surface area contributed by atoms with E-state index >= 15 is 0 Å². The van der Waals surface area contributed by atoms with Crippen LogP contribution in [0.25, 0.3) is 0 Å². The predicted octanol–water partition coefficient (Wildman–Crippen LogP) is -2.94. The molecule has 2 aliphatic heterocycles. The summed E-state index contributed by atoms with van der Waals surface area (Å²) in [7, 11) is -17.3. The number of aromatic amines is 2. The lowest BCUT2D eigenvalue weighted by atomic mass is 10.1. The molecule has 0 saturated carbocycles. The number of rotatable bonds is 12. The van der Waals surface area contributed by atoms with Gasteiger partial charge in [0.05, 0.1) is 13.2 Å². The maximum absolute atomic E-state index is 12.3. The van der Waals surface area contributed by atoms with Crippen molar-refractivity contribution < 1.29 is 75.9 Å². The standard InChI is InChI=1S/C18H25N4O19P3S/c23-9-1-3-21(17(28)19-9)15-13(26)11(24)7(38-15)5-36-42(30,31)40-44(34,35)41-43(32,33)37-6-8-12(25)14(27)16(39-8)22-4-2-10(45)20-18(22)29/h1-4,7-8,11-16,24-27H,5-6H2,(H,30,31)(H,32,33)(H,34,35)(H,19,23,28)(H,20,29,45)/t7-,8-,11-,12-,13-,14-,15-,16-/m1/s1. The molecule has 0 aromatic carbocycles. The van der Waals surface area contributed by atoms with Crippen LogP contribution in [0.1, 0.15) is 12.5 Å². The van der Waals surface area contributed by atoms with Crippen molar-refractivity contribution in [3.8, 4) is 0 Å². The number of nitrogens with zero attached hydrogens (tertiary/aromatic N) is 2. The van der Waals surface area contributed by atoms with Crippen molar-refractivity contribution in [2.75, 3.05) is 13.2 Å². The molecule has 2 aliphatic rings. The summed E-state index contributed by atoms with van der Waals surface area (Å²) in [5.41, 5.74) is -2.65. The number of aliphatic hydroxyl groups is 4. The molecule has 23 nitrogen and oxygen atoms in total. The number of aromatic nitrogens is 4. The van der Waals surface area contributed by atoms with Crippen LogP contribution in [0.4, 0.5) is 0 Å². The van der Waals surface area contributed by atoms with Gasteiger partial charge in [-0.3, -0.25) is 32.9 Å². The first kappa shape index (κ1) is 35.8. The topological polar surface area (TPSA) is 341 Å². The van der Waals surface area contributed by atoms with Crippen LogP contribution in [0.15, 0.2) is 38.9 Å². The minimum Gasteiger partial charge on any atom is -0.387 e. The minimum atomic E-state index is -5.98. The van der Waals surface area contributed by atoms with Gasteiger partial charge in [-0.1, -0.05) is 12.2 Å². The van der Waals surface area contributed by atoms with Crippen LogP contribution in [0.5, 0.6) is 0 Å². The second-order valence-corrected chi connectivity index (χ2v) is 14.4. The highest BCUT2D eigenvalue weighted by Crippen LogP contribution is 2.67. The van der Waals surface area contributed by atoms with Crippen molar-refractivity contribution >= 4 is 35.7 Å². The lowest BCUT2D eigenvalue weighted by molar-refractivity contribution is -0.0549. The van der Waals surface area contributed by atoms with Crippen LogP contribution in [0.2, 0.25) is 0 Å². The number of hydrogen-bond donors (Lipinski definition) is 9. The van der Waals surface area contributed by atoms with Gasteiger partial charge in [-0.05, 0) is 6.07 Å². The van der Waals surface area contributed by atoms with Gasteiger partial charge in [-0.2, -0.15) is 8.62 Å². The third kappa shape index (κ3) is 8.66. The van der Waals surface area contributed by atoms with Crippen LogP contribution in [0.3, 0.4) is 0 Å². The number of H-pyrrole nitrogens is 2. The average Bonchev–Trinajstić information content (AvgIpc) is 3.35. The Morgan fingerprint density at radius 3 is 1.56 bits per heavy atom. The first-order valence-electron chi connectivity index (χ1n) is 12.2. The van der Waals surface area contributed by atoms with Crippen molar-refractivity contribution in [1.29, 1.82) is 0 Å². The summed E-state index contributed by atoms with van der Waals surface area (Å²) in [6.45, 7) is -2.21. The second kappa shape index (κ2) is 13.6. The molecule has 0 aliphatic carbocycles. The fraction of sp³-hybridized carbons (Fsp3) is 0.556. The molecule has 11 atom stereocenters. The number of aliphatic hydroxyl groups excluding tert-OH is 4. The molecular formula is C18H25N4O19P3S. The van der Waals surface area contributed by atoms with Gasteiger partial charge in [0.1, 0.15) is 41.3 Å². The molecule has 2 aromatic rings. The van der Waals surface area contributed by atoms with Gasteiger partial charge in [-0.15, -0.1) is 0 Å². The van der Waals surface area contributed by atoms with Gasteiger partial charge >= 0.3 is 34.8 Å². The predicted molar refractivity (Wildman–Crippen MR) is 143 cm³/mol. The molecule has 252 valence electrons. The van der Waals surface area contributed by atoms with Gasteiger partial charge in [0.2, 0.25) is 0 Å². The average molecular weight is 726 g/mol. The highest BCUT2D eigenvalue weighted by atomic mass is 32.1. The van der Waals surface area contributed by atoms with Crippen molar-refractivity contribution in [1.82, 2.24) is 19.1 Å². The Balaban J connectivity index is 1.31. The van der Waals surface area contributed by atoms with E-state index in [2.05, 4.69) is 22.7 Å². The van der Waals surface area contributed by atoms with Crippen molar-refractivity contribution in [3.63, 3.8) is 0 Å². The van der Waals surface area contributed by atoms with Crippen LogP contribution < -0.4 is 16.9 Å². The van der Waals surface area contributed by atoms with Crippen LogP contribution in [-0.2, 0) is 40.8 Å². The third-order valence-electron chi connectivity index (χ3n) is 6.14. The number of nitrogens with one attached hydrogen (secondary N) is 2. The first-order chi connectivity index (χ1) is 20.8. The Hall–Kier alpha value is -2.05. The highest BCUT2D eigenvalue weighted by molar-refractivity contribution is 7.71. The maximum Gasteiger partial charge on any atom is 0.490 e. The Morgan fingerprint density at radius 1 is 0.711 bits per heavy atom. The molecule has 4 heterocycles. The summed E-state index contributed by atoms with van der Waals surface area (Å²) in [5.74, 6) is 0. The SMILES string of the molecule is O=c1ccn([C@@H]2O[C@H](COP(=O)(O)OP(=O)(O)OP(=O)(O)OC[C@H]3O[C@@H](n4ccc(=S)[nH]c4=O)[C@H](O)[C@@H]3O)[C@@H](O)[C@H]2O)c(=O)[nH]1. The fourth-order valence-corrected chi connectivity index (χ4v) is 7.78. The summed E-state index contributed by atoms with van der Waals surface area (Å²) in [4.78, 5) is 68.8. The van der Waals surface area contributed by atoms with E-state index in [-0.39, 0.29) is 4.64 Å². The molecule has 0 bridgehead atoms. The second-order valence-electron chi connectivity index (χ2n) is 9.29. The van der Waals surface area contributed by atoms with Crippen LogP contribution >= 0.6 is 35.7 Å². The molecule has 4 rings (SSSR count). The summed E-state index contributed by atoms with van der Waals surface area (Å²) in [6.07, 6.45) is -11.6. The number of phosphoric ester groups is 2. The maximum atomic E-state index is 12.3. The van der Waals surface area contributed by atoms with E-state index in [0.717, 1.165) is 23.0 Å². The molecule has 45 heavy (non-hydrogen) atoms. The van der Waals surface area contributed by atoms with Gasteiger partial charge in [-0.25, -0.2) is 23.3 Å². The lowest BCUT2D eigenvalue weighted by Gasteiger charge is -2.21. The Morgan fingerprint density at radius 2 is 1.13 bits per heavy atom. The molecule has 2 fully saturated rings. The van der Waals surface area contributed by atoms with Crippen molar-refractivity contribution in [2.24, 2.45) is 0 Å². The van der Waals surface area contributed by atoms with Gasteiger partial charge in [0, 0.05) is 18.5 Å². The van der Waals surface area contributed by atoms with E-state index in [0.29, 0.717) is 4.57 Å². The zero-order chi connectivity index (χ0) is 33.5. The lowest BCUT2D eigenvalue weighted by Crippen LogP contribution is -2.37. The van der Waals surface area contributed by atoms with Crippen molar-refractivity contribution in [2.45, 2.75) is 49.1 Å². The van der Waals surface area contributed by atoms with Crippen LogP contribution in [0, 0.1) is 4.64 Å². The molecule has 0 spiro atoms. The van der Waals surface area contributed by atoms with E-state index in [1.54, 1.807) is 0 Å². The van der Waals surface area contributed by atoms with Gasteiger partial charge in [0.15, 0.2) is 12.5 Å². The highest BCUT2D eigenvalue weighted by Gasteiger charge is 2.48. The van der Waals surface area contributed by atoms with Crippen LogP contribution in [-0.4, -0.2) is 104 Å². The molecular weight excluding hydrogens is 701 g/mol. The quantitative estimate of drug-likeness (QED) is 0.0780. The number of phosphoric acid groups is 3. The smallest absolute Gasteiger partial charge is 0.387 e. The van der Waals surface area contributed by atoms with E-state index in [1.165, 1.54) is 6.07 Å². The largest absolute Gasteiger partial charge is 0.490 e. The zero-order valence-corrected chi connectivity index (χ0v) is 25.5. The molecule has 0 amide bonds. The molecule has 0 radical (unpaired) electrons.